The minimum absolute atomic E-state index is 0.347. The molecule has 1 fully saturated rings. The van der Waals surface area contributed by atoms with Crippen LogP contribution >= 0.6 is 0 Å². The Bertz CT molecular complexity index is 312. The molecule has 0 saturated heterocycles. The third-order valence-electron chi connectivity index (χ3n) is 3.26. The summed E-state index contributed by atoms with van der Waals surface area (Å²) >= 11 is 0. The predicted molar refractivity (Wildman–Crippen MR) is 64.6 cm³/mol. The summed E-state index contributed by atoms with van der Waals surface area (Å²) in [4.78, 5) is 0. The second-order valence-corrected chi connectivity index (χ2v) is 4.52. The van der Waals surface area contributed by atoms with Crippen LogP contribution in [0.3, 0.4) is 0 Å². The molecule has 0 aliphatic heterocycles. The molecule has 1 saturated carbocycles. The van der Waals surface area contributed by atoms with Crippen LogP contribution in [0.1, 0.15) is 50.7 Å². The molecule has 1 atom stereocenters. The van der Waals surface area contributed by atoms with Crippen molar-refractivity contribution >= 4 is 0 Å². The standard InChI is InChI=1S/C14H20O2/c1-2-14(15)11-7-9-13(10-8-11)16-12-5-3-4-6-12/h7-10,12,14-15H,2-6H2,1H3/t14-/m0/s1. The Kier molecular flexibility index (Phi) is 3.83. The summed E-state index contributed by atoms with van der Waals surface area (Å²) < 4.78 is 5.86. The quantitative estimate of drug-likeness (QED) is 0.842. The van der Waals surface area contributed by atoms with Gasteiger partial charge in [-0.1, -0.05) is 19.1 Å². The van der Waals surface area contributed by atoms with Crippen LogP contribution in [0.15, 0.2) is 24.3 Å². The molecule has 2 rings (SSSR count). The smallest absolute Gasteiger partial charge is 0.119 e. The Labute approximate surface area is 97.3 Å². The van der Waals surface area contributed by atoms with Gasteiger partial charge in [-0.15, -0.1) is 0 Å². The zero-order valence-corrected chi connectivity index (χ0v) is 9.86. The first-order valence-corrected chi connectivity index (χ1v) is 6.24. The van der Waals surface area contributed by atoms with Crippen LogP contribution in [0, 0.1) is 0 Å². The first-order chi connectivity index (χ1) is 7.79. The van der Waals surface area contributed by atoms with Gasteiger partial charge in [0, 0.05) is 0 Å². The molecule has 2 nitrogen and oxygen atoms in total. The van der Waals surface area contributed by atoms with Gasteiger partial charge in [-0.3, -0.25) is 0 Å². The van der Waals surface area contributed by atoms with Gasteiger partial charge < -0.3 is 9.84 Å². The molecule has 0 bridgehead atoms. The van der Waals surface area contributed by atoms with E-state index in [9.17, 15) is 5.11 Å². The number of hydrogen-bond donors (Lipinski definition) is 1. The number of rotatable bonds is 4. The van der Waals surface area contributed by atoms with E-state index < -0.39 is 0 Å². The molecule has 88 valence electrons. The molecular formula is C14H20O2. The lowest BCUT2D eigenvalue weighted by Crippen LogP contribution is -2.10. The second-order valence-electron chi connectivity index (χ2n) is 4.52. The Morgan fingerprint density at radius 3 is 2.44 bits per heavy atom. The molecule has 0 unspecified atom stereocenters. The molecule has 2 heteroatoms. The molecule has 16 heavy (non-hydrogen) atoms. The molecule has 0 aromatic heterocycles. The highest BCUT2D eigenvalue weighted by Gasteiger charge is 2.16. The van der Waals surface area contributed by atoms with Crippen molar-refractivity contribution < 1.29 is 9.84 Å². The maximum Gasteiger partial charge on any atom is 0.119 e. The largest absolute Gasteiger partial charge is 0.490 e. The number of ether oxygens (including phenoxy) is 1. The minimum Gasteiger partial charge on any atom is -0.490 e. The fraction of sp³-hybridized carbons (Fsp3) is 0.571. The number of hydrogen-bond acceptors (Lipinski definition) is 2. The molecule has 1 aliphatic rings. The average molecular weight is 220 g/mol. The highest BCUT2D eigenvalue weighted by Crippen LogP contribution is 2.25. The van der Waals surface area contributed by atoms with Crippen LogP contribution in [-0.4, -0.2) is 11.2 Å². The normalized spacial score (nSPS) is 18.6. The molecule has 1 N–H and O–H groups in total. The summed E-state index contributed by atoms with van der Waals surface area (Å²) in [5, 5.41) is 9.66. The maximum atomic E-state index is 9.66. The fourth-order valence-corrected chi connectivity index (χ4v) is 2.20. The van der Waals surface area contributed by atoms with Gasteiger partial charge in [0.25, 0.3) is 0 Å². The monoisotopic (exact) mass is 220 g/mol. The summed E-state index contributed by atoms with van der Waals surface area (Å²) in [6.07, 6.45) is 5.75. The Balaban J connectivity index is 1.96. The van der Waals surface area contributed by atoms with Gasteiger partial charge >= 0.3 is 0 Å². The number of benzene rings is 1. The first kappa shape index (κ1) is 11.5. The minimum atomic E-state index is -0.347. The molecule has 0 radical (unpaired) electrons. The summed E-state index contributed by atoms with van der Waals surface area (Å²) in [5.41, 5.74) is 0.973. The van der Waals surface area contributed by atoms with Gasteiger partial charge in [-0.2, -0.15) is 0 Å². The lowest BCUT2D eigenvalue weighted by molar-refractivity contribution is 0.173. The summed E-state index contributed by atoms with van der Waals surface area (Å²) in [7, 11) is 0. The van der Waals surface area contributed by atoms with Gasteiger partial charge in [-0.25, -0.2) is 0 Å². The molecule has 1 aliphatic carbocycles. The van der Waals surface area contributed by atoms with Gasteiger partial charge in [-0.05, 0) is 49.8 Å². The molecule has 0 spiro atoms. The molecule has 0 heterocycles. The van der Waals surface area contributed by atoms with E-state index in [2.05, 4.69) is 0 Å². The van der Waals surface area contributed by atoms with E-state index in [0.29, 0.717) is 6.10 Å². The third kappa shape index (κ3) is 2.76. The lowest BCUT2D eigenvalue weighted by atomic mass is 10.1. The average Bonchev–Trinajstić information content (AvgIpc) is 2.82. The molecule has 1 aromatic rings. The summed E-state index contributed by atoms with van der Waals surface area (Å²) in [5.74, 6) is 0.930. The van der Waals surface area contributed by atoms with E-state index in [1.165, 1.54) is 25.7 Å². The Hall–Kier alpha value is -1.02. The van der Waals surface area contributed by atoms with Crippen LogP contribution in [-0.2, 0) is 0 Å². The van der Waals surface area contributed by atoms with Gasteiger partial charge in [0.2, 0.25) is 0 Å². The zero-order chi connectivity index (χ0) is 11.4. The van der Waals surface area contributed by atoms with Crippen molar-refractivity contribution in [1.82, 2.24) is 0 Å². The van der Waals surface area contributed by atoms with Gasteiger partial charge in [0.15, 0.2) is 0 Å². The summed E-state index contributed by atoms with van der Waals surface area (Å²) in [6.45, 7) is 1.98. The van der Waals surface area contributed by atoms with E-state index in [0.717, 1.165) is 17.7 Å². The predicted octanol–water partition coefficient (Wildman–Crippen LogP) is 3.45. The summed E-state index contributed by atoms with van der Waals surface area (Å²) in [6, 6.07) is 7.84. The van der Waals surface area contributed by atoms with Gasteiger partial charge in [0.1, 0.15) is 5.75 Å². The van der Waals surface area contributed by atoms with Crippen molar-refractivity contribution in [2.75, 3.05) is 0 Å². The Morgan fingerprint density at radius 1 is 1.25 bits per heavy atom. The van der Waals surface area contributed by atoms with Crippen molar-refractivity contribution in [3.05, 3.63) is 29.8 Å². The van der Waals surface area contributed by atoms with Crippen molar-refractivity contribution in [1.29, 1.82) is 0 Å². The topological polar surface area (TPSA) is 29.5 Å². The molecule has 0 amide bonds. The van der Waals surface area contributed by atoms with Gasteiger partial charge in [0.05, 0.1) is 12.2 Å². The van der Waals surface area contributed by atoms with E-state index in [1.807, 2.05) is 31.2 Å². The van der Waals surface area contributed by atoms with Crippen molar-refractivity contribution in [2.24, 2.45) is 0 Å². The molecule has 1 aromatic carbocycles. The highest BCUT2D eigenvalue weighted by atomic mass is 16.5. The van der Waals surface area contributed by atoms with Crippen molar-refractivity contribution in [3.63, 3.8) is 0 Å². The van der Waals surface area contributed by atoms with Crippen molar-refractivity contribution in [2.45, 2.75) is 51.2 Å². The molecular weight excluding hydrogens is 200 g/mol. The van der Waals surface area contributed by atoms with Crippen LogP contribution in [0.4, 0.5) is 0 Å². The highest BCUT2D eigenvalue weighted by molar-refractivity contribution is 5.28. The second kappa shape index (κ2) is 5.35. The SMILES string of the molecule is CC[C@H](O)c1ccc(OC2CCCC2)cc1. The van der Waals surface area contributed by atoms with Crippen LogP contribution in [0.2, 0.25) is 0 Å². The van der Waals surface area contributed by atoms with E-state index in [-0.39, 0.29) is 6.10 Å². The zero-order valence-electron chi connectivity index (χ0n) is 9.86. The lowest BCUT2D eigenvalue weighted by Gasteiger charge is -2.14. The fourth-order valence-electron chi connectivity index (χ4n) is 2.20. The third-order valence-corrected chi connectivity index (χ3v) is 3.26. The van der Waals surface area contributed by atoms with E-state index in [4.69, 9.17) is 4.74 Å². The number of aliphatic hydroxyl groups is 1. The van der Waals surface area contributed by atoms with E-state index >= 15 is 0 Å². The number of aliphatic hydroxyl groups excluding tert-OH is 1. The van der Waals surface area contributed by atoms with Crippen LogP contribution < -0.4 is 4.74 Å². The van der Waals surface area contributed by atoms with Crippen LogP contribution in [0.5, 0.6) is 5.75 Å². The first-order valence-electron chi connectivity index (χ1n) is 6.24. The maximum absolute atomic E-state index is 9.66. The van der Waals surface area contributed by atoms with E-state index in [1.54, 1.807) is 0 Å². The van der Waals surface area contributed by atoms with Crippen LogP contribution in [0.25, 0.3) is 0 Å². The van der Waals surface area contributed by atoms with Crippen molar-refractivity contribution in [3.8, 4) is 5.75 Å². The Morgan fingerprint density at radius 2 is 1.88 bits per heavy atom.